The van der Waals surface area contributed by atoms with Crippen LogP contribution in [0.3, 0.4) is 0 Å². The number of hydrogen-bond acceptors (Lipinski definition) is 8. The number of phenolic OH excluding ortho intramolecular Hbond substituents is 1. The molecule has 30 heavy (non-hydrogen) atoms. The molecule has 0 aromatic heterocycles. The number of carbonyl (C=O) groups is 1. The Morgan fingerprint density at radius 3 is 2.40 bits per heavy atom. The van der Waals surface area contributed by atoms with E-state index in [2.05, 4.69) is 4.99 Å². The van der Waals surface area contributed by atoms with E-state index in [4.69, 9.17) is 25.8 Å². The summed E-state index contributed by atoms with van der Waals surface area (Å²) in [7, 11) is 4.13. The van der Waals surface area contributed by atoms with Crippen LogP contribution in [0.2, 0.25) is 5.02 Å². The number of aromatic hydroxyl groups is 1. The van der Waals surface area contributed by atoms with Crippen LogP contribution in [0.25, 0.3) is 6.08 Å². The number of hydrogen-bond donors (Lipinski definition) is 2. The summed E-state index contributed by atoms with van der Waals surface area (Å²) in [5.74, 6) is -0.422. The third-order valence-electron chi connectivity index (χ3n) is 4.16. The Morgan fingerprint density at radius 1 is 1.10 bits per heavy atom. The fourth-order valence-corrected chi connectivity index (χ4v) is 3.82. The minimum atomic E-state index is -0.734. The summed E-state index contributed by atoms with van der Waals surface area (Å²) in [6.07, 6.45) is 1.50. The Labute approximate surface area is 182 Å². The zero-order valence-electron chi connectivity index (χ0n) is 16.3. The second-order valence-corrected chi connectivity index (χ2v) is 7.45. The highest BCUT2D eigenvalue weighted by molar-refractivity contribution is 8.18. The number of halogens is 1. The molecule has 7 nitrogen and oxygen atoms in total. The molecule has 2 aromatic rings. The summed E-state index contributed by atoms with van der Waals surface area (Å²) < 4.78 is 15.2. The number of methoxy groups -OCH3 is 3. The zero-order chi connectivity index (χ0) is 21.8. The summed E-state index contributed by atoms with van der Waals surface area (Å²) >= 11 is 6.96. The smallest absolute Gasteiger partial charge is 0.344 e. The fourth-order valence-electron chi connectivity index (χ4n) is 2.67. The van der Waals surface area contributed by atoms with Gasteiger partial charge in [-0.3, -0.25) is 0 Å². The summed E-state index contributed by atoms with van der Waals surface area (Å²) in [4.78, 5) is 17.0. The van der Waals surface area contributed by atoms with Gasteiger partial charge in [-0.25, -0.2) is 9.79 Å². The molecule has 1 aliphatic rings. The van der Waals surface area contributed by atoms with Gasteiger partial charge in [-0.05, 0) is 30.3 Å². The molecule has 2 aromatic carbocycles. The van der Waals surface area contributed by atoms with Gasteiger partial charge in [-0.1, -0.05) is 23.4 Å². The fraction of sp³-hybridized carbons (Fsp3) is 0.143. The topological polar surface area (TPSA) is 97.6 Å². The largest absolute Gasteiger partial charge is 0.507 e. The van der Waals surface area contributed by atoms with Gasteiger partial charge in [0.05, 0.1) is 37.5 Å². The highest BCUT2D eigenvalue weighted by Gasteiger charge is 2.33. The molecule has 0 unspecified atom stereocenters. The molecule has 1 aliphatic heterocycles. The van der Waals surface area contributed by atoms with E-state index < -0.39 is 5.97 Å². The molecule has 0 atom stereocenters. The van der Waals surface area contributed by atoms with Crippen molar-refractivity contribution in [3.63, 3.8) is 0 Å². The molecule has 0 aliphatic carbocycles. The van der Waals surface area contributed by atoms with Crippen LogP contribution in [0.5, 0.6) is 17.2 Å². The maximum Gasteiger partial charge on any atom is 0.344 e. The van der Waals surface area contributed by atoms with Crippen molar-refractivity contribution in [1.29, 1.82) is 0 Å². The summed E-state index contributed by atoms with van der Waals surface area (Å²) in [5.41, 5.74) is 0.780. The molecule has 0 saturated heterocycles. The lowest BCUT2D eigenvalue weighted by Gasteiger charge is -2.10. The molecule has 0 radical (unpaired) electrons. The third-order valence-corrected chi connectivity index (χ3v) is 5.43. The second kappa shape index (κ2) is 9.15. The van der Waals surface area contributed by atoms with Gasteiger partial charge in [-0.2, -0.15) is 0 Å². The number of thioether (sulfide) groups is 1. The van der Waals surface area contributed by atoms with Crippen molar-refractivity contribution in [2.24, 2.45) is 4.99 Å². The molecule has 9 heteroatoms. The van der Waals surface area contributed by atoms with E-state index in [-0.39, 0.29) is 22.1 Å². The van der Waals surface area contributed by atoms with Crippen LogP contribution < -0.4 is 9.47 Å². The number of rotatable bonds is 5. The lowest BCUT2D eigenvalue weighted by molar-refractivity contribution is -0.135. The maximum absolute atomic E-state index is 12.3. The Balaban J connectivity index is 2.10. The predicted octanol–water partition coefficient (Wildman–Crippen LogP) is 4.87. The quantitative estimate of drug-likeness (QED) is 0.631. The molecule has 0 spiro atoms. The first kappa shape index (κ1) is 21.6. The van der Waals surface area contributed by atoms with Gasteiger partial charge in [0.2, 0.25) is 0 Å². The summed E-state index contributed by atoms with van der Waals surface area (Å²) in [6, 6.07) is 9.71. The highest BCUT2D eigenvalue weighted by Crippen LogP contribution is 2.43. The van der Waals surface area contributed by atoms with Crippen molar-refractivity contribution >= 4 is 46.1 Å². The van der Waals surface area contributed by atoms with Crippen LogP contribution in [0.4, 0.5) is 5.69 Å². The Bertz CT molecular complexity index is 1080. The average molecular weight is 448 g/mol. The van der Waals surface area contributed by atoms with Crippen LogP contribution in [0.1, 0.15) is 5.56 Å². The van der Waals surface area contributed by atoms with Crippen LogP contribution in [-0.2, 0) is 9.53 Å². The third kappa shape index (κ3) is 4.39. The molecule has 0 saturated carbocycles. The normalized spacial score (nSPS) is 16.3. The number of nitrogens with zero attached hydrogens (tertiary/aromatic N) is 1. The Hall–Kier alpha value is -3.10. The Kier molecular flexibility index (Phi) is 6.59. The average Bonchev–Trinajstić information content (AvgIpc) is 3.05. The molecule has 156 valence electrons. The van der Waals surface area contributed by atoms with E-state index in [1.165, 1.54) is 33.5 Å². The molecule has 0 bridgehead atoms. The van der Waals surface area contributed by atoms with Crippen molar-refractivity contribution < 1.29 is 29.2 Å². The lowest BCUT2D eigenvalue weighted by Crippen LogP contribution is -2.10. The molecule has 1 heterocycles. The first-order valence-corrected chi connectivity index (χ1v) is 9.78. The van der Waals surface area contributed by atoms with Crippen molar-refractivity contribution in [3.8, 4) is 17.2 Å². The number of carbonyl (C=O) groups excluding carboxylic acids is 1. The number of benzene rings is 2. The maximum atomic E-state index is 12.3. The summed E-state index contributed by atoms with van der Waals surface area (Å²) in [5, 5.41) is 21.9. The summed E-state index contributed by atoms with van der Waals surface area (Å²) in [6.45, 7) is 0. The van der Waals surface area contributed by atoms with Crippen LogP contribution in [0.15, 0.2) is 57.6 Å². The number of esters is 1. The molecular weight excluding hydrogens is 430 g/mol. The van der Waals surface area contributed by atoms with Gasteiger partial charge in [-0.15, -0.1) is 0 Å². The van der Waals surface area contributed by atoms with E-state index >= 15 is 0 Å². The van der Waals surface area contributed by atoms with Gasteiger partial charge < -0.3 is 24.4 Å². The molecule has 0 fully saturated rings. The van der Waals surface area contributed by atoms with Crippen LogP contribution >= 0.6 is 23.4 Å². The van der Waals surface area contributed by atoms with E-state index in [0.717, 1.165) is 11.8 Å². The van der Waals surface area contributed by atoms with Crippen LogP contribution in [0, 0.1) is 0 Å². The number of aliphatic imine (C=N–C) groups is 1. The predicted molar refractivity (Wildman–Crippen MR) is 117 cm³/mol. The van der Waals surface area contributed by atoms with Gasteiger partial charge in [0.25, 0.3) is 0 Å². The van der Waals surface area contributed by atoms with Gasteiger partial charge in [0.1, 0.15) is 33.6 Å². The van der Waals surface area contributed by atoms with Gasteiger partial charge in [0.15, 0.2) is 0 Å². The Morgan fingerprint density at radius 2 is 1.80 bits per heavy atom. The second-order valence-electron chi connectivity index (χ2n) is 5.98. The number of aliphatic hydroxyl groups excluding tert-OH is 1. The van der Waals surface area contributed by atoms with E-state index in [9.17, 15) is 15.0 Å². The zero-order valence-corrected chi connectivity index (χ0v) is 17.9. The minimum absolute atomic E-state index is 0.0735. The first-order chi connectivity index (χ1) is 14.4. The molecule has 0 amide bonds. The van der Waals surface area contributed by atoms with Crippen LogP contribution in [-0.4, -0.2) is 42.6 Å². The minimum Gasteiger partial charge on any atom is -0.507 e. The van der Waals surface area contributed by atoms with Gasteiger partial charge >= 0.3 is 5.97 Å². The van der Waals surface area contributed by atoms with Crippen molar-refractivity contribution in [1.82, 2.24) is 0 Å². The van der Waals surface area contributed by atoms with Crippen molar-refractivity contribution in [3.05, 3.63) is 63.2 Å². The highest BCUT2D eigenvalue weighted by atomic mass is 35.5. The lowest BCUT2D eigenvalue weighted by atomic mass is 10.1. The SMILES string of the molecule is COC(=O)C1=C(O)/C(=C\c2c(O)cc(OC)cc2OC)SC1=Nc1ccc(Cl)cc1. The molecular formula is C21H18ClNO6S. The van der Waals surface area contributed by atoms with E-state index in [0.29, 0.717) is 32.7 Å². The monoisotopic (exact) mass is 447 g/mol. The first-order valence-electron chi connectivity index (χ1n) is 8.59. The number of aliphatic hydroxyl groups is 1. The standard InChI is InChI=1S/C21H18ClNO6S/c1-27-13-8-15(24)14(16(9-13)28-2)10-17-19(25)18(21(26)29-3)20(30-17)23-12-6-4-11(22)5-7-12/h4-10,24-25H,1-3H3/b17-10+,23-20?. The molecule has 3 rings (SSSR count). The van der Waals surface area contributed by atoms with Crippen molar-refractivity contribution in [2.45, 2.75) is 0 Å². The number of phenols is 1. The van der Waals surface area contributed by atoms with Gasteiger partial charge in [0, 0.05) is 17.2 Å². The van der Waals surface area contributed by atoms with E-state index in [1.54, 1.807) is 30.3 Å². The van der Waals surface area contributed by atoms with Crippen molar-refractivity contribution in [2.75, 3.05) is 21.3 Å². The van der Waals surface area contributed by atoms with E-state index in [1.807, 2.05) is 0 Å². The number of ether oxygens (including phenoxy) is 3. The molecule has 2 N–H and O–H groups in total.